The number of carbonyl (C=O) groups excluding carboxylic acids is 1. The molecule has 25 heavy (non-hydrogen) atoms. The summed E-state index contributed by atoms with van der Waals surface area (Å²) < 4.78 is 0. The maximum Gasteiger partial charge on any atom is 0.223 e. The van der Waals surface area contributed by atoms with Crippen LogP contribution in [0.5, 0.6) is 0 Å². The summed E-state index contributed by atoms with van der Waals surface area (Å²) in [5.74, 6) is 2.41. The van der Waals surface area contributed by atoms with Crippen molar-refractivity contribution in [1.82, 2.24) is 20.6 Å². The number of aromatic nitrogens is 2. The van der Waals surface area contributed by atoms with Crippen LogP contribution in [0.25, 0.3) is 0 Å². The van der Waals surface area contributed by atoms with E-state index in [4.69, 9.17) is 0 Å². The molecule has 3 fully saturated rings. The summed E-state index contributed by atoms with van der Waals surface area (Å²) in [6.07, 6.45) is 5.41. The van der Waals surface area contributed by atoms with Gasteiger partial charge in [-0.15, -0.1) is 0 Å². The van der Waals surface area contributed by atoms with E-state index in [2.05, 4.69) is 31.6 Å². The van der Waals surface area contributed by atoms with Crippen LogP contribution in [0.15, 0.2) is 6.07 Å². The molecule has 1 aliphatic carbocycles. The molecule has 1 aromatic heterocycles. The van der Waals surface area contributed by atoms with Crippen LogP contribution in [0.3, 0.4) is 0 Å². The van der Waals surface area contributed by atoms with Crippen LogP contribution >= 0.6 is 0 Å². The molecule has 3 heterocycles. The Balaban J connectivity index is 1.28. The molecule has 136 valence electrons. The third kappa shape index (κ3) is 3.50. The van der Waals surface area contributed by atoms with Gasteiger partial charge in [0.05, 0.1) is 0 Å². The maximum atomic E-state index is 12.6. The Bertz CT molecular complexity index is 627. The van der Waals surface area contributed by atoms with Crippen LogP contribution in [0.2, 0.25) is 0 Å². The number of anilines is 1. The molecule has 0 radical (unpaired) electrons. The minimum atomic E-state index is 0.264. The summed E-state index contributed by atoms with van der Waals surface area (Å²) in [7, 11) is 0. The van der Waals surface area contributed by atoms with Crippen LogP contribution in [0, 0.1) is 25.2 Å². The maximum absolute atomic E-state index is 12.6. The van der Waals surface area contributed by atoms with Crippen molar-refractivity contribution in [2.24, 2.45) is 11.3 Å². The van der Waals surface area contributed by atoms with Crippen molar-refractivity contribution in [3.8, 4) is 0 Å². The van der Waals surface area contributed by atoms with Gasteiger partial charge in [-0.3, -0.25) is 4.79 Å². The van der Waals surface area contributed by atoms with Crippen LogP contribution in [-0.2, 0) is 4.79 Å². The lowest BCUT2D eigenvalue weighted by molar-refractivity contribution is -0.124. The fourth-order valence-corrected chi connectivity index (χ4v) is 4.61. The molecule has 1 aromatic rings. The Morgan fingerprint density at radius 2 is 1.96 bits per heavy atom. The number of hydrogen-bond donors (Lipinski definition) is 2. The van der Waals surface area contributed by atoms with Gasteiger partial charge in [-0.2, -0.15) is 0 Å². The molecule has 2 N–H and O–H groups in total. The van der Waals surface area contributed by atoms with Gasteiger partial charge in [-0.25, -0.2) is 9.97 Å². The first kappa shape index (κ1) is 16.8. The average molecular weight is 343 g/mol. The largest absolute Gasteiger partial charge is 0.356 e. The molecule has 6 heteroatoms. The first-order valence-corrected chi connectivity index (χ1v) is 9.64. The summed E-state index contributed by atoms with van der Waals surface area (Å²) in [6, 6.07) is 2.36. The van der Waals surface area contributed by atoms with Gasteiger partial charge in [0.25, 0.3) is 0 Å². The Kier molecular flexibility index (Phi) is 4.40. The topological polar surface area (TPSA) is 70.2 Å². The SMILES string of the molecule is Cc1cc(N2CCC(NC(=O)C3CC34CCNCC4)CC2)nc(C)n1. The normalized spacial score (nSPS) is 25.8. The number of amides is 1. The van der Waals surface area contributed by atoms with Crippen molar-refractivity contribution >= 4 is 11.7 Å². The number of nitrogens with one attached hydrogen (secondary N) is 2. The quantitative estimate of drug-likeness (QED) is 0.872. The fraction of sp³-hybridized carbons (Fsp3) is 0.737. The summed E-state index contributed by atoms with van der Waals surface area (Å²) in [4.78, 5) is 23.8. The molecular formula is C19H29N5O. The minimum absolute atomic E-state index is 0.264. The number of piperidine rings is 2. The van der Waals surface area contributed by atoms with Crippen molar-refractivity contribution in [3.05, 3.63) is 17.6 Å². The average Bonchev–Trinajstić information content (AvgIpc) is 3.28. The second-order valence-electron chi connectivity index (χ2n) is 8.05. The third-order valence-corrected chi connectivity index (χ3v) is 6.22. The number of nitrogens with zero attached hydrogens (tertiary/aromatic N) is 3. The monoisotopic (exact) mass is 343 g/mol. The molecule has 3 aliphatic rings. The predicted molar refractivity (Wildman–Crippen MR) is 97.5 cm³/mol. The predicted octanol–water partition coefficient (Wildman–Crippen LogP) is 1.57. The lowest BCUT2D eigenvalue weighted by Crippen LogP contribution is -2.46. The Morgan fingerprint density at radius 1 is 1.24 bits per heavy atom. The van der Waals surface area contributed by atoms with E-state index in [9.17, 15) is 4.79 Å². The van der Waals surface area contributed by atoms with Crippen LogP contribution < -0.4 is 15.5 Å². The molecule has 0 aromatic carbocycles. The van der Waals surface area contributed by atoms with Crippen molar-refractivity contribution in [3.63, 3.8) is 0 Å². The fourth-order valence-electron chi connectivity index (χ4n) is 4.61. The van der Waals surface area contributed by atoms with Gasteiger partial charge < -0.3 is 15.5 Å². The third-order valence-electron chi connectivity index (χ3n) is 6.22. The Labute approximate surface area is 149 Å². The van der Waals surface area contributed by atoms with Gasteiger partial charge in [-0.1, -0.05) is 0 Å². The summed E-state index contributed by atoms with van der Waals surface area (Å²) in [5.41, 5.74) is 1.34. The summed E-state index contributed by atoms with van der Waals surface area (Å²) in [5, 5.41) is 6.73. The number of carbonyl (C=O) groups is 1. The lowest BCUT2D eigenvalue weighted by Gasteiger charge is -2.33. The summed E-state index contributed by atoms with van der Waals surface area (Å²) in [6.45, 7) is 7.98. The van der Waals surface area contributed by atoms with Gasteiger partial charge in [0.1, 0.15) is 11.6 Å². The molecule has 1 spiro atoms. The van der Waals surface area contributed by atoms with Crippen molar-refractivity contribution in [2.45, 2.75) is 52.0 Å². The molecule has 4 rings (SSSR count). The van der Waals surface area contributed by atoms with Crippen molar-refractivity contribution in [2.75, 3.05) is 31.1 Å². The Morgan fingerprint density at radius 3 is 2.64 bits per heavy atom. The van der Waals surface area contributed by atoms with Crippen molar-refractivity contribution < 1.29 is 4.79 Å². The van der Waals surface area contributed by atoms with E-state index in [-0.39, 0.29) is 5.92 Å². The second-order valence-corrected chi connectivity index (χ2v) is 8.05. The van der Waals surface area contributed by atoms with Crippen LogP contribution in [0.1, 0.15) is 43.6 Å². The zero-order valence-electron chi connectivity index (χ0n) is 15.3. The molecule has 1 amide bonds. The highest BCUT2D eigenvalue weighted by Crippen LogP contribution is 2.58. The van der Waals surface area contributed by atoms with Crippen molar-refractivity contribution in [1.29, 1.82) is 0 Å². The highest BCUT2D eigenvalue weighted by molar-refractivity contribution is 5.83. The highest BCUT2D eigenvalue weighted by atomic mass is 16.2. The van der Waals surface area contributed by atoms with E-state index in [1.54, 1.807) is 0 Å². The van der Waals surface area contributed by atoms with E-state index in [1.807, 2.05) is 13.8 Å². The summed E-state index contributed by atoms with van der Waals surface area (Å²) >= 11 is 0. The zero-order chi connectivity index (χ0) is 17.4. The number of hydrogen-bond acceptors (Lipinski definition) is 5. The molecule has 2 saturated heterocycles. The van der Waals surface area contributed by atoms with E-state index in [0.29, 0.717) is 17.4 Å². The first-order valence-electron chi connectivity index (χ1n) is 9.64. The first-order chi connectivity index (χ1) is 12.1. The van der Waals surface area contributed by atoms with Gasteiger partial charge >= 0.3 is 0 Å². The zero-order valence-corrected chi connectivity index (χ0v) is 15.3. The Hall–Kier alpha value is -1.69. The van der Waals surface area contributed by atoms with Crippen LogP contribution in [0.4, 0.5) is 5.82 Å². The molecule has 6 nitrogen and oxygen atoms in total. The van der Waals surface area contributed by atoms with Gasteiger partial charge in [-0.05, 0) is 64.5 Å². The smallest absolute Gasteiger partial charge is 0.223 e. The molecular weight excluding hydrogens is 314 g/mol. The van der Waals surface area contributed by atoms with Gasteiger partial charge in [0, 0.05) is 36.8 Å². The number of aryl methyl sites for hydroxylation is 2. The van der Waals surface area contributed by atoms with E-state index in [0.717, 1.165) is 75.6 Å². The standard InChI is InChI=1S/C19H29N5O/c1-13-11-17(22-14(2)21-13)24-9-3-15(4-10-24)23-18(25)16-12-19(16)5-7-20-8-6-19/h11,15-16,20H,3-10,12H2,1-2H3,(H,23,25). The molecule has 1 atom stereocenters. The lowest BCUT2D eigenvalue weighted by atomic mass is 9.91. The van der Waals surface area contributed by atoms with Crippen LogP contribution in [-0.4, -0.2) is 48.1 Å². The minimum Gasteiger partial charge on any atom is -0.356 e. The van der Waals surface area contributed by atoms with E-state index < -0.39 is 0 Å². The molecule has 2 aliphatic heterocycles. The van der Waals surface area contributed by atoms with Gasteiger partial charge in [0.2, 0.25) is 5.91 Å². The highest BCUT2D eigenvalue weighted by Gasteiger charge is 2.57. The second kappa shape index (κ2) is 6.56. The molecule has 1 saturated carbocycles. The van der Waals surface area contributed by atoms with Gasteiger partial charge in [0.15, 0.2) is 0 Å². The number of rotatable bonds is 3. The molecule has 0 bridgehead atoms. The van der Waals surface area contributed by atoms with E-state index in [1.165, 1.54) is 0 Å². The van der Waals surface area contributed by atoms with E-state index >= 15 is 0 Å². The molecule has 1 unspecified atom stereocenters.